The number of amides is 1. The van der Waals surface area contributed by atoms with Crippen molar-refractivity contribution < 1.29 is 14.3 Å². The third-order valence-corrected chi connectivity index (χ3v) is 4.35. The molecule has 1 heterocycles. The van der Waals surface area contributed by atoms with Gasteiger partial charge in [0.15, 0.2) is 0 Å². The van der Waals surface area contributed by atoms with Crippen molar-refractivity contribution in [3.8, 4) is 0 Å². The zero-order valence-corrected chi connectivity index (χ0v) is 10.8. The topological polar surface area (TPSA) is 43.8 Å². The van der Waals surface area contributed by atoms with E-state index in [1.54, 1.807) is 6.07 Å². The molecule has 3 rings (SSSR count). The van der Waals surface area contributed by atoms with E-state index >= 15 is 0 Å². The highest BCUT2D eigenvalue weighted by molar-refractivity contribution is 5.66. The average Bonchev–Trinajstić information content (AvgIpc) is 2.68. The lowest BCUT2D eigenvalue weighted by Gasteiger charge is -2.44. The van der Waals surface area contributed by atoms with Crippen LogP contribution in [-0.4, -0.2) is 47.2 Å². The summed E-state index contributed by atoms with van der Waals surface area (Å²) >= 11 is 0. The molecule has 102 valence electrons. The van der Waals surface area contributed by atoms with Gasteiger partial charge in [-0.2, -0.15) is 0 Å². The molecule has 1 aromatic carbocycles. The molecule has 1 atom stereocenters. The standard InChI is InChI=1S/C14H17FN2O2/c1-16(11-7-17(8-11)14(18)19)13-5-2-9-6-10(15)3-4-12(9)13/h3-4,6,11,13H,2,5,7-8H2,1H3,(H,18,19). The number of carbonyl (C=O) groups is 1. The van der Waals surface area contributed by atoms with Crippen LogP contribution >= 0.6 is 0 Å². The van der Waals surface area contributed by atoms with Crippen molar-refractivity contribution in [2.45, 2.75) is 24.9 Å². The lowest BCUT2D eigenvalue weighted by atomic mass is 10.0. The van der Waals surface area contributed by atoms with Gasteiger partial charge in [-0.3, -0.25) is 4.90 Å². The Hall–Kier alpha value is -1.62. The summed E-state index contributed by atoms with van der Waals surface area (Å²) in [5.41, 5.74) is 2.28. The number of fused-ring (bicyclic) bond motifs is 1. The third-order valence-electron chi connectivity index (χ3n) is 4.35. The highest BCUT2D eigenvalue weighted by Gasteiger charge is 2.38. The molecule has 1 unspecified atom stereocenters. The van der Waals surface area contributed by atoms with Crippen LogP contribution < -0.4 is 0 Å². The van der Waals surface area contributed by atoms with Crippen LogP contribution in [0.15, 0.2) is 18.2 Å². The molecule has 1 aliphatic heterocycles. The van der Waals surface area contributed by atoms with E-state index in [-0.39, 0.29) is 17.9 Å². The Morgan fingerprint density at radius 3 is 2.89 bits per heavy atom. The molecule has 1 aromatic rings. The lowest BCUT2D eigenvalue weighted by molar-refractivity contribution is 0.0291. The van der Waals surface area contributed by atoms with E-state index in [0.29, 0.717) is 13.1 Å². The largest absolute Gasteiger partial charge is 0.465 e. The molecular formula is C14H17FN2O2. The van der Waals surface area contributed by atoms with Gasteiger partial charge in [0.05, 0.1) is 0 Å². The van der Waals surface area contributed by atoms with E-state index in [2.05, 4.69) is 4.90 Å². The van der Waals surface area contributed by atoms with Gasteiger partial charge in [0, 0.05) is 25.2 Å². The summed E-state index contributed by atoms with van der Waals surface area (Å²) in [6, 6.07) is 5.56. The fraction of sp³-hybridized carbons (Fsp3) is 0.500. The number of hydrogen-bond acceptors (Lipinski definition) is 2. The van der Waals surface area contributed by atoms with Gasteiger partial charge in [0.2, 0.25) is 0 Å². The fourth-order valence-corrected chi connectivity index (χ4v) is 3.11. The highest BCUT2D eigenvalue weighted by Crippen LogP contribution is 2.37. The molecular weight excluding hydrogens is 247 g/mol. The molecule has 1 fully saturated rings. The maximum absolute atomic E-state index is 13.2. The quantitative estimate of drug-likeness (QED) is 0.889. The number of carboxylic acid groups (broad SMARTS) is 1. The van der Waals surface area contributed by atoms with Crippen molar-refractivity contribution in [1.82, 2.24) is 9.80 Å². The molecule has 0 radical (unpaired) electrons. The summed E-state index contributed by atoms with van der Waals surface area (Å²) in [6.07, 6.45) is 1.04. The van der Waals surface area contributed by atoms with E-state index in [1.165, 1.54) is 16.5 Å². The number of halogens is 1. The summed E-state index contributed by atoms with van der Waals surface area (Å²) in [4.78, 5) is 14.4. The molecule has 2 aliphatic rings. The summed E-state index contributed by atoms with van der Waals surface area (Å²) in [5.74, 6) is -0.178. The van der Waals surface area contributed by atoms with Crippen LogP contribution in [0, 0.1) is 5.82 Å². The Balaban J connectivity index is 1.70. The van der Waals surface area contributed by atoms with Crippen LogP contribution in [-0.2, 0) is 6.42 Å². The Morgan fingerprint density at radius 2 is 2.21 bits per heavy atom. The van der Waals surface area contributed by atoms with E-state index in [1.807, 2.05) is 13.1 Å². The second-order valence-corrected chi connectivity index (χ2v) is 5.40. The normalized spacial score (nSPS) is 22.5. The molecule has 4 nitrogen and oxygen atoms in total. The van der Waals surface area contributed by atoms with Gasteiger partial charge in [-0.05, 0) is 43.1 Å². The summed E-state index contributed by atoms with van der Waals surface area (Å²) in [5, 5.41) is 8.85. The van der Waals surface area contributed by atoms with Crippen LogP contribution in [0.5, 0.6) is 0 Å². The number of likely N-dealkylation sites (tertiary alicyclic amines) is 1. The molecule has 5 heteroatoms. The van der Waals surface area contributed by atoms with E-state index < -0.39 is 6.09 Å². The maximum atomic E-state index is 13.2. The minimum absolute atomic E-state index is 0.178. The van der Waals surface area contributed by atoms with Crippen LogP contribution in [0.4, 0.5) is 9.18 Å². The van der Waals surface area contributed by atoms with E-state index in [0.717, 1.165) is 18.4 Å². The highest BCUT2D eigenvalue weighted by atomic mass is 19.1. The van der Waals surface area contributed by atoms with Gasteiger partial charge in [-0.15, -0.1) is 0 Å². The molecule has 1 N–H and O–H groups in total. The fourth-order valence-electron chi connectivity index (χ4n) is 3.11. The predicted molar refractivity (Wildman–Crippen MR) is 68.6 cm³/mol. The summed E-state index contributed by atoms with van der Waals surface area (Å²) < 4.78 is 13.2. The minimum atomic E-state index is -0.849. The molecule has 0 spiro atoms. The van der Waals surface area contributed by atoms with Crippen molar-refractivity contribution in [3.05, 3.63) is 35.1 Å². The molecule has 1 amide bonds. The Kier molecular flexibility index (Phi) is 2.93. The number of rotatable bonds is 2. The monoisotopic (exact) mass is 264 g/mol. The number of likely N-dealkylation sites (N-methyl/N-ethyl adjacent to an activating group) is 1. The maximum Gasteiger partial charge on any atom is 0.407 e. The number of aryl methyl sites for hydroxylation is 1. The first-order valence-electron chi connectivity index (χ1n) is 6.54. The zero-order chi connectivity index (χ0) is 13.6. The smallest absolute Gasteiger partial charge is 0.407 e. The van der Waals surface area contributed by atoms with Gasteiger partial charge in [-0.1, -0.05) is 6.07 Å². The molecule has 0 aromatic heterocycles. The van der Waals surface area contributed by atoms with Crippen molar-refractivity contribution in [1.29, 1.82) is 0 Å². The second kappa shape index (κ2) is 4.49. The molecule has 19 heavy (non-hydrogen) atoms. The number of hydrogen-bond donors (Lipinski definition) is 1. The third kappa shape index (κ3) is 2.08. The molecule has 1 saturated heterocycles. The minimum Gasteiger partial charge on any atom is -0.465 e. The van der Waals surface area contributed by atoms with Gasteiger partial charge in [-0.25, -0.2) is 9.18 Å². The molecule has 0 bridgehead atoms. The Labute approximate surface area is 111 Å². The van der Waals surface area contributed by atoms with Gasteiger partial charge in [0.25, 0.3) is 0 Å². The first-order chi connectivity index (χ1) is 9.06. The summed E-state index contributed by atoms with van der Waals surface area (Å²) in [7, 11) is 2.03. The first kappa shape index (κ1) is 12.4. The summed E-state index contributed by atoms with van der Waals surface area (Å²) in [6.45, 7) is 1.14. The van der Waals surface area contributed by atoms with Crippen LogP contribution in [0.3, 0.4) is 0 Å². The SMILES string of the molecule is CN(C1CN(C(=O)O)C1)C1CCc2cc(F)ccc21. The van der Waals surface area contributed by atoms with Gasteiger partial charge in [0.1, 0.15) is 5.82 Å². The van der Waals surface area contributed by atoms with Crippen molar-refractivity contribution in [2.24, 2.45) is 0 Å². The van der Waals surface area contributed by atoms with E-state index in [9.17, 15) is 9.18 Å². The zero-order valence-electron chi connectivity index (χ0n) is 10.8. The number of benzene rings is 1. The second-order valence-electron chi connectivity index (χ2n) is 5.40. The van der Waals surface area contributed by atoms with Crippen molar-refractivity contribution in [2.75, 3.05) is 20.1 Å². The van der Waals surface area contributed by atoms with E-state index in [4.69, 9.17) is 5.11 Å². The average molecular weight is 264 g/mol. The van der Waals surface area contributed by atoms with Crippen LogP contribution in [0.25, 0.3) is 0 Å². The van der Waals surface area contributed by atoms with Gasteiger partial charge < -0.3 is 10.0 Å². The number of nitrogens with zero attached hydrogens (tertiary/aromatic N) is 2. The lowest BCUT2D eigenvalue weighted by Crippen LogP contribution is -2.60. The van der Waals surface area contributed by atoms with Crippen molar-refractivity contribution >= 4 is 6.09 Å². The molecule has 1 aliphatic carbocycles. The van der Waals surface area contributed by atoms with Crippen molar-refractivity contribution in [3.63, 3.8) is 0 Å². The van der Waals surface area contributed by atoms with Crippen LogP contribution in [0.1, 0.15) is 23.6 Å². The van der Waals surface area contributed by atoms with Crippen LogP contribution in [0.2, 0.25) is 0 Å². The van der Waals surface area contributed by atoms with Gasteiger partial charge >= 0.3 is 6.09 Å². The predicted octanol–water partition coefficient (Wildman–Crippen LogP) is 2.11. The Morgan fingerprint density at radius 1 is 1.47 bits per heavy atom. The Bertz CT molecular complexity index is 514. The molecule has 0 saturated carbocycles. The first-order valence-corrected chi connectivity index (χ1v) is 6.54.